The van der Waals surface area contributed by atoms with Gasteiger partial charge in [-0.1, -0.05) is 18.2 Å². The highest BCUT2D eigenvalue weighted by molar-refractivity contribution is 6.04. The summed E-state index contributed by atoms with van der Waals surface area (Å²) in [5.41, 5.74) is 3.91. The molecule has 2 N–H and O–H groups in total. The number of dihydropyridines is 1. The number of benzene rings is 2. The number of allylic oxidation sites excluding steroid dienone is 3. The first-order valence-electron chi connectivity index (χ1n) is 12.4. The first kappa shape index (κ1) is 26.3. The lowest BCUT2D eigenvalue weighted by atomic mass is 9.71. The van der Waals surface area contributed by atoms with Crippen molar-refractivity contribution in [3.63, 3.8) is 0 Å². The standard InChI is InChI=1S/C29H33NO7/c1-5-36-11-12-37-29(33)26-17(2)30-22-14-20(18-9-10-24(34-3)25(16-18)35-4)15-23(32)28(22)27(26)19-7-6-8-21(31)13-19/h6-10,13,16,20,27,30-31H,5,11-12,14-15H2,1-4H3/t20-,27+/m1/s1. The average molecular weight is 508 g/mol. The molecule has 2 aromatic rings. The summed E-state index contributed by atoms with van der Waals surface area (Å²) < 4.78 is 21.6. The number of carbonyl (C=O) groups excluding carboxylic acids is 2. The summed E-state index contributed by atoms with van der Waals surface area (Å²) in [7, 11) is 3.17. The van der Waals surface area contributed by atoms with Crippen molar-refractivity contribution >= 4 is 11.8 Å². The number of ether oxygens (including phenoxy) is 4. The van der Waals surface area contributed by atoms with Crippen LogP contribution in [0, 0.1) is 0 Å². The number of methoxy groups -OCH3 is 2. The Morgan fingerprint density at radius 2 is 1.81 bits per heavy atom. The molecule has 4 rings (SSSR count). The Hall–Kier alpha value is -3.78. The first-order chi connectivity index (χ1) is 17.9. The summed E-state index contributed by atoms with van der Waals surface area (Å²) in [6.45, 7) is 4.60. The molecule has 1 heterocycles. The Morgan fingerprint density at radius 1 is 1.03 bits per heavy atom. The number of carbonyl (C=O) groups is 2. The molecule has 0 bridgehead atoms. The van der Waals surface area contributed by atoms with Crippen LogP contribution in [-0.4, -0.2) is 50.9 Å². The molecule has 8 heteroatoms. The number of Topliss-reactive ketones (excluding diaryl/α,β-unsaturated/α-hetero) is 1. The van der Waals surface area contributed by atoms with Crippen LogP contribution < -0.4 is 14.8 Å². The van der Waals surface area contributed by atoms with E-state index in [-0.39, 0.29) is 30.5 Å². The molecule has 0 spiro atoms. The molecule has 0 unspecified atom stereocenters. The Kier molecular flexibility index (Phi) is 8.18. The van der Waals surface area contributed by atoms with E-state index in [1.165, 1.54) is 0 Å². The quantitative estimate of drug-likeness (QED) is 0.381. The van der Waals surface area contributed by atoms with E-state index < -0.39 is 11.9 Å². The molecule has 1 aliphatic carbocycles. The number of aromatic hydroxyl groups is 1. The molecule has 0 saturated heterocycles. The number of hydrogen-bond acceptors (Lipinski definition) is 8. The monoisotopic (exact) mass is 507 g/mol. The van der Waals surface area contributed by atoms with Crippen molar-refractivity contribution in [1.82, 2.24) is 5.32 Å². The van der Waals surface area contributed by atoms with Crippen molar-refractivity contribution in [3.05, 3.63) is 76.1 Å². The van der Waals surface area contributed by atoms with Crippen molar-refractivity contribution in [2.24, 2.45) is 0 Å². The number of phenolic OH excluding ortho intramolecular Hbond substituents is 1. The van der Waals surface area contributed by atoms with E-state index in [4.69, 9.17) is 18.9 Å². The maximum atomic E-state index is 13.7. The number of nitrogens with one attached hydrogen (secondary N) is 1. The van der Waals surface area contributed by atoms with Crippen LogP contribution in [0.3, 0.4) is 0 Å². The van der Waals surface area contributed by atoms with Gasteiger partial charge in [0.15, 0.2) is 17.3 Å². The minimum Gasteiger partial charge on any atom is -0.508 e. The number of hydrogen-bond donors (Lipinski definition) is 2. The van der Waals surface area contributed by atoms with Gasteiger partial charge >= 0.3 is 5.97 Å². The molecule has 0 aromatic heterocycles. The summed E-state index contributed by atoms with van der Waals surface area (Å²) in [5, 5.41) is 13.5. The zero-order valence-corrected chi connectivity index (χ0v) is 21.6. The third-order valence-corrected chi connectivity index (χ3v) is 6.79. The highest BCUT2D eigenvalue weighted by atomic mass is 16.6. The molecule has 8 nitrogen and oxygen atoms in total. The molecule has 2 atom stereocenters. The van der Waals surface area contributed by atoms with Gasteiger partial charge in [0.05, 0.1) is 26.4 Å². The van der Waals surface area contributed by atoms with Crippen LogP contribution >= 0.6 is 0 Å². The van der Waals surface area contributed by atoms with Crippen LogP contribution in [0.1, 0.15) is 49.7 Å². The fourth-order valence-corrected chi connectivity index (χ4v) is 5.11. The van der Waals surface area contributed by atoms with E-state index >= 15 is 0 Å². The maximum absolute atomic E-state index is 13.7. The second kappa shape index (κ2) is 11.5. The largest absolute Gasteiger partial charge is 0.508 e. The third kappa shape index (κ3) is 5.49. The van der Waals surface area contributed by atoms with Crippen LogP contribution in [0.5, 0.6) is 17.2 Å². The van der Waals surface area contributed by atoms with Gasteiger partial charge < -0.3 is 29.4 Å². The van der Waals surface area contributed by atoms with Gasteiger partial charge in [0.2, 0.25) is 0 Å². The lowest BCUT2D eigenvalue weighted by Crippen LogP contribution is -2.36. The molecular formula is C29H33NO7. The SMILES string of the molecule is CCOCCOC(=O)C1=C(C)NC2=C(C(=O)C[C@H](c3ccc(OC)c(OC)c3)C2)[C@H]1c1cccc(O)c1. The normalized spacial score (nSPS) is 19.3. The molecule has 0 fully saturated rings. The molecule has 0 amide bonds. The van der Waals surface area contributed by atoms with Crippen molar-refractivity contribution in [2.75, 3.05) is 34.0 Å². The van der Waals surface area contributed by atoms with E-state index in [0.29, 0.717) is 53.5 Å². The van der Waals surface area contributed by atoms with Gasteiger partial charge in [-0.3, -0.25) is 4.79 Å². The molecule has 0 saturated carbocycles. The first-order valence-corrected chi connectivity index (χ1v) is 12.4. The fraction of sp³-hybridized carbons (Fsp3) is 0.379. The van der Waals surface area contributed by atoms with E-state index in [1.54, 1.807) is 32.4 Å². The van der Waals surface area contributed by atoms with Crippen molar-refractivity contribution in [2.45, 2.75) is 38.5 Å². The summed E-state index contributed by atoms with van der Waals surface area (Å²) >= 11 is 0. The van der Waals surface area contributed by atoms with Gasteiger partial charge in [-0.15, -0.1) is 0 Å². The van der Waals surface area contributed by atoms with Gasteiger partial charge in [0.25, 0.3) is 0 Å². The summed E-state index contributed by atoms with van der Waals surface area (Å²) in [4.78, 5) is 27.0. The molecule has 2 aromatic carbocycles. The van der Waals surface area contributed by atoms with Crippen molar-refractivity contribution in [1.29, 1.82) is 0 Å². The number of phenols is 1. The number of rotatable bonds is 9. The van der Waals surface area contributed by atoms with Crippen LogP contribution in [0.4, 0.5) is 0 Å². The number of ketones is 1. The Bertz CT molecular complexity index is 1250. The highest BCUT2D eigenvalue weighted by Gasteiger charge is 2.41. The van der Waals surface area contributed by atoms with Gasteiger partial charge in [-0.05, 0) is 61.6 Å². The Morgan fingerprint density at radius 3 is 2.51 bits per heavy atom. The summed E-state index contributed by atoms with van der Waals surface area (Å²) in [6, 6.07) is 12.4. The summed E-state index contributed by atoms with van der Waals surface area (Å²) in [5.74, 6) is -0.00799. The fourth-order valence-electron chi connectivity index (χ4n) is 5.11. The molecule has 1 aliphatic heterocycles. The van der Waals surface area contributed by atoms with E-state index in [2.05, 4.69) is 5.32 Å². The van der Waals surface area contributed by atoms with Gasteiger partial charge in [0, 0.05) is 35.9 Å². The van der Waals surface area contributed by atoms with E-state index in [9.17, 15) is 14.7 Å². The number of esters is 1. The minimum absolute atomic E-state index is 0.0611. The van der Waals surface area contributed by atoms with Gasteiger partial charge in [-0.2, -0.15) is 0 Å². The molecule has 37 heavy (non-hydrogen) atoms. The zero-order valence-electron chi connectivity index (χ0n) is 21.6. The Labute approximate surface area is 216 Å². The van der Waals surface area contributed by atoms with Gasteiger partial charge in [-0.25, -0.2) is 4.79 Å². The van der Waals surface area contributed by atoms with Crippen LogP contribution in [-0.2, 0) is 19.1 Å². The topological polar surface area (TPSA) is 103 Å². The van der Waals surface area contributed by atoms with Crippen LogP contribution in [0.25, 0.3) is 0 Å². The van der Waals surface area contributed by atoms with E-state index in [1.807, 2.05) is 38.1 Å². The summed E-state index contributed by atoms with van der Waals surface area (Å²) in [6.07, 6.45) is 0.854. The second-order valence-corrected chi connectivity index (χ2v) is 9.06. The maximum Gasteiger partial charge on any atom is 0.336 e. The highest BCUT2D eigenvalue weighted by Crippen LogP contribution is 2.46. The van der Waals surface area contributed by atoms with Gasteiger partial charge in [0.1, 0.15) is 12.4 Å². The molecule has 0 radical (unpaired) electrons. The van der Waals surface area contributed by atoms with Crippen LogP contribution in [0.15, 0.2) is 65.0 Å². The molecular weight excluding hydrogens is 474 g/mol. The van der Waals surface area contributed by atoms with Crippen LogP contribution in [0.2, 0.25) is 0 Å². The Balaban J connectivity index is 1.71. The predicted molar refractivity (Wildman–Crippen MR) is 138 cm³/mol. The smallest absolute Gasteiger partial charge is 0.336 e. The molecule has 196 valence electrons. The average Bonchev–Trinajstić information content (AvgIpc) is 2.89. The molecule has 2 aliphatic rings. The minimum atomic E-state index is -0.651. The zero-order chi connectivity index (χ0) is 26.5. The predicted octanol–water partition coefficient (Wildman–Crippen LogP) is 4.35. The van der Waals surface area contributed by atoms with Crippen molar-refractivity contribution in [3.8, 4) is 17.2 Å². The lowest BCUT2D eigenvalue weighted by Gasteiger charge is -2.36. The van der Waals surface area contributed by atoms with E-state index in [0.717, 1.165) is 11.3 Å². The van der Waals surface area contributed by atoms with Crippen molar-refractivity contribution < 1.29 is 33.6 Å². The second-order valence-electron chi connectivity index (χ2n) is 9.06. The lowest BCUT2D eigenvalue weighted by molar-refractivity contribution is -0.140. The third-order valence-electron chi connectivity index (χ3n) is 6.79.